The predicted octanol–water partition coefficient (Wildman–Crippen LogP) is 4.78. The zero-order valence-corrected chi connectivity index (χ0v) is 19.9. The van der Waals surface area contributed by atoms with Crippen LogP contribution in [0, 0.1) is 22.0 Å². The number of halogens is 3. The molecule has 1 N–H and O–H groups in total. The minimum absolute atomic E-state index is 0.0691. The summed E-state index contributed by atoms with van der Waals surface area (Å²) in [5, 5.41) is 23.1. The van der Waals surface area contributed by atoms with Crippen molar-refractivity contribution in [2.75, 3.05) is 22.9 Å². The Morgan fingerprint density at radius 3 is 2.16 bits per heavy atom. The average molecular weight is 518 g/mol. The van der Waals surface area contributed by atoms with Crippen LogP contribution in [0.4, 0.5) is 30.2 Å². The molecule has 8 nitrogen and oxygen atoms in total. The van der Waals surface area contributed by atoms with E-state index in [9.17, 15) is 38.0 Å². The zero-order valence-electron chi connectivity index (χ0n) is 19.9. The second kappa shape index (κ2) is 9.13. The van der Waals surface area contributed by atoms with Crippen molar-refractivity contribution in [3.8, 4) is 0 Å². The van der Waals surface area contributed by atoms with Crippen molar-refractivity contribution in [3.63, 3.8) is 0 Å². The SMILES string of the molecule is O=C1[C@H]2CCCC[C@H]2C(=O)N1c1ccc(N2CCC(O)(c3cccc(C(F)(F)F)c3)CC2)c([N+](=O)[O-])c1. The summed E-state index contributed by atoms with van der Waals surface area (Å²) >= 11 is 0. The quantitative estimate of drug-likeness (QED) is 0.356. The van der Waals surface area contributed by atoms with Gasteiger partial charge in [-0.3, -0.25) is 19.7 Å². The van der Waals surface area contributed by atoms with Gasteiger partial charge in [-0.2, -0.15) is 13.2 Å². The van der Waals surface area contributed by atoms with Crippen molar-refractivity contribution in [3.05, 3.63) is 63.7 Å². The van der Waals surface area contributed by atoms with Gasteiger partial charge in [-0.1, -0.05) is 25.0 Å². The van der Waals surface area contributed by atoms with Gasteiger partial charge in [0, 0.05) is 19.2 Å². The molecule has 1 saturated carbocycles. The summed E-state index contributed by atoms with van der Waals surface area (Å²) in [6.07, 6.45) is -1.39. The number of rotatable bonds is 4. The van der Waals surface area contributed by atoms with E-state index < -0.39 is 22.3 Å². The lowest BCUT2D eigenvalue weighted by Gasteiger charge is -2.39. The van der Waals surface area contributed by atoms with E-state index in [-0.39, 0.29) is 72.2 Å². The Bertz CT molecular complexity index is 1230. The molecular weight excluding hydrogens is 491 g/mol. The molecule has 196 valence electrons. The molecule has 3 fully saturated rings. The first-order valence-electron chi connectivity index (χ1n) is 12.3. The third kappa shape index (κ3) is 4.45. The number of nitro groups is 1. The summed E-state index contributed by atoms with van der Waals surface area (Å²) in [5.41, 5.74) is -2.06. The van der Waals surface area contributed by atoms with Crippen LogP contribution in [-0.4, -0.2) is 34.9 Å². The van der Waals surface area contributed by atoms with Crippen LogP contribution in [0.25, 0.3) is 0 Å². The smallest absolute Gasteiger partial charge is 0.385 e. The number of alkyl halides is 3. The number of anilines is 2. The van der Waals surface area contributed by atoms with E-state index in [1.165, 1.54) is 30.3 Å². The molecule has 0 radical (unpaired) electrons. The number of hydrogen-bond donors (Lipinski definition) is 1. The van der Waals surface area contributed by atoms with Crippen LogP contribution in [0.5, 0.6) is 0 Å². The lowest BCUT2D eigenvalue weighted by molar-refractivity contribution is -0.384. The Labute approximate surface area is 210 Å². The van der Waals surface area contributed by atoms with Crippen LogP contribution in [0.1, 0.15) is 49.7 Å². The number of piperidine rings is 1. The molecule has 11 heteroatoms. The lowest BCUT2D eigenvalue weighted by atomic mass is 9.81. The highest BCUT2D eigenvalue weighted by atomic mass is 19.4. The number of benzene rings is 2. The van der Waals surface area contributed by atoms with Gasteiger partial charge in [0.2, 0.25) is 11.8 Å². The summed E-state index contributed by atoms with van der Waals surface area (Å²) in [4.78, 5) is 40.0. The number of aliphatic hydroxyl groups is 1. The monoisotopic (exact) mass is 517 g/mol. The van der Waals surface area contributed by atoms with Crippen molar-refractivity contribution in [2.45, 2.75) is 50.3 Å². The van der Waals surface area contributed by atoms with Crippen LogP contribution in [0.3, 0.4) is 0 Å². The Hall–Kier alpha value is -3.47. The van der Waals surface area contributed by atoms with Crippen LogP contribution in [-0.2, 0) is 21.4 Å². The average Bonchev–Trinajstić information content (AvgIpc) is 3.14. The van der Waals surface area contributed by atoms with Crippen LogP contribution < -0.4 is 9.80 Å². The Kier molecular flexibility index (Phi) is 6.21. The topological polar surface area (TPSA) is 104 Å². The van der Waals surface area contributed by atoms with Gasteiger partial charge in [0.1, 0.15) is 5.69 Å². The molecule has 2 amide bonds. The van der Waals surface area contributed by atoms with Crippen molar-refractivity contribution in [2.24, 2.45) is 11.8 Å². The van der Waals surface area contributed by atoms with Crippen molar-refractivity contribution in [1.29, 1.82) is 0 Å². The van der Waals surface area contributed by atoms with E-state index >= 15 is 0 Å². The van der Waals surface area contributed by atoms with E-state index in [1.807, 2.05) is 0 Å². The first kappa shape index (κ1) is 25.2. The maximum absolute atomic E-state index is 13.1. The molecule has 0 spiro atoms. The molecule has 2 aromatic rings. The van der Waals surface area contributed by atoms with Gasteiger partial charge < -0.3 is 10.0 Å². The molecule has 2 atom stereocenters. The van der Waals surface area contributed by atoms with Gasteiger partial charge >= 0.3 is 6.18 Å². The van der Waals surface area contributed by atoms with E-state index in [0.29, 0.717) is 12.8 Å². The van der Waals surface area contributed by atoms with Gasteiger partial charge in [-0.05, 0) is 55.5 Å². The van der Waals surface area contributed by atoms with Crippen LogP contribution in [0.15, 0.2) is 42.5 Å². The van der Waals surface area contributed by atoms with E-state index in [0.717, 1.165) is 29.9 Å². The fourth-order valence-corrected chi connectivity index (χ4v) is 5.87. The largest absolute Gasteiger partial charge is 0.416 e. The molecule has 1 aliphatic carbocycles. The molecule has 2 heterocycles. The first-order valence-corrected chi connectivity index (χ1v) is 12.3. The standard InChI is InChI=1S/C26H26F3N3O5/c27-26(28,29)17-5-3-4-16(14-17)25(35)10-12-30(13-11-25)21-9-8-18(15-22(21)32(36)37)31-23(33)19-6-1-2-7-20(19)24(31)34/h3-5,8-9,14-15,19-20,35H,1-2,6-7,10-13H2/t19-,20+. The molecule has 2 aromatic carbocycles. The van der Waals surface area contributed by atoms with Gasteiger partial charge in [-0.25, -0.2) is 4.90 Å². The number of amides is 2. The molecule has 5 rings (SSSR count). The van der Waals surface area contributed by atoms with Crippen molar-refractivity contribution < 1.29 is 32.8 Å². The fraction of sp³-hybridized carbons (Fsp3) is 0.462. The highest BCUT2D eigenvalue weighted by molar-refractivity contribution is 6.22. The molecular formula is C26H26F3N3O5. The van der Waals surface area contributed by atoms with Gasteiger partial charge in [0.05, 0.1) is 33.6 Å². The third-order valence-electron chi connectivity index (χ3n) is 7.91. The molecule has 0 bridgehead atoms. The summed E-state index contributed by atoms with van der Waals surface area (Å²) in [5.74, 6) is -1.40. The number of carbonyl (C=O) groups excluding carboxylic acids is 2. The first-order chi connectivity index (χ1) is 17.5. The normalized spacial score (nSPS) is 23.8. The maximum atomic E-state index is 13.1. The zero-order chi connectivity index (χ0) is 26.5. The predicted molar refractivity (Wildman–Crippen MR) is 128 cm³/mol. The Balaban J connectivity index is 1.37. The molecule has 37 heavy (non-hydrogen) atoms. The molecule has 3 aliphatic rings. The molecule has 2 aliphatic heterocycles. The highest BCUT2D eigenvalue weighted by Crippen LogP contribution is 2.43. The summed E-state index contributed by atoms with van der Waals surface area (Å²) in [6, 6.07) is 8.82. The second-order valence-corrected chi connectivity index (χ2v) is 10.0. The van der Waals surface area contributed by atoms with Gasteiger partial charge in [0.15, 0.2) is 0 Å². The number of fused-ring (bicyclic) bond motifs is 1. The maximum Gasteiger partial charge on any atom is 0.416 e. The lowest BCUT2D eigenvalue weighted by Crippen LogP contribution is -2.43. The number of nitro benzene ring substituents is 1. The number of carbonyl (C=O) groups is 2. The van der Waals surface area contributed by atoms with E-state index in [4.69, 9.17) is 0 Å². The van der Waals surface area contributed by atoms with E-state index in [2.05, 4.69) is 0 Å². The minimum atomic E-state index is -4.54. The van der Waals surface area contributed by atoms with Gasteiger partial charge in [0.25, 0.3) is 5.69 Å². The number of nitrogens with zero attached hydrogens (tertiary/aromatic N) is 3. The molecule has 0 aromatic heterocycles. The second-order valence-electron chi connectivity index (χ2n) is 10.0. The summed E-state index contributed by atoms with van der Waals surface area (Å²) in [6.45, 7) is 0.331. The molecule has 2 saturated heterocycles. The van der Waals surface area contributed by atoms with Gasteiger partial charge in [-0.15, -0.1) is 0 Å². The fourth-order valence-electron chi connectivity index (χ4n) is 5.87. The minimum Gasteiger partial charge on any atom is -0.385 e. The number of imide groups is 1. The Morgan fingerprint density at radius 1 is 0.973 bits per heavy atom. The van der Waals surface area contributed by atoms with Crippen LogP contribution >= 0.6 is 0 Å². The molecule has 0 unspecified atom stereocenters. The summed E-state index contributed by atoms with van der Waals surface area (Å²) in [7, 11) is 0. The van der Waals surface area contributed by atoms with Crippen molar-refractivity contribution in [1.82, 2.24) is 0 Å². The highest BCUT2D eigenvalue weighted by Gasteiger charge is 2.49. The summed E-state index contributed by atoms with van der Waals surface area (Å²) < 4.78 is 39.4. The number of hydrogen-bond acceptors (Lipinski definition) is 6. The Morgan fingerprint density at radius 2 is 1.59 bits per heavy atom. The van der Waals surface area contributed by atoms with Crippen LogP contribution in [0.2, 0.25) is 0 Å². The third-order valence-corrected chi connectivity index (χ3v) is 7.91. The van der Waals surface area contributed by atoms with E-state index in [1.54, 1.807) is 4.90 Å². The van der Waals surface area contributed by atoms with Crippen molar-refractivity contribution >= 4 is 28.9 Å².